The zero-order valence-corrected chi connectivity index (χ0v) is 16.5. The molecule has 6 heteroatoms. The first-order chi connectivity index (χ1) is 14.6. The number of hydrogen-bond donors (Lipinski definition) is 1. The molecular weight excluding hydrogens is 384 g/mol. The van der Waals surface area contributed by atoms with Gasteiger partial charge in [0, 0.05) is 0 Å². The van der Waals surface area contributed by atoms with E-state index in [0.717, 1.165) is 11.1 Å². The second-order valence-corrected chi connectivity index (χ2v) is 6.42. The molecule has 1 N–H and O–H groups in total. The molecule has 0 aromatic heterocycles. The van der Waals surface area contributed by atoms with E-state index in [1.54, 1.807) is 6.92 Å². The van der Waals surface area contributed by atoms with Crippen LogP contribution in [-0.2, 0) is 18.0 Å². The Hall–Kier alpha value is -3.80. The predicted molar refractivity (Wildman–Crippen MR) is 111 cm³/mol. The fraction of sp³-hybridized carbons (Fsp3) is 0.167. The van der Waals surface area contributed by atoms with Crippen molar-refractivity contribution in [2.75, 3.05) is 6.61 Å². The molecule has 6 nitrogen and oxygen atoms in total. The molecule has 0 fully saturated rings. The summed E-state index contributed by atoms with van der Waals surface area (Å²) in [6, 6.07) is 21.4. The Labute approximate surface area is 174 Å². The number of ether oxygens (including phenoxy) is 3. The van der Waals surface area contributed by atoms with Gasteiger partial charge in [0.05, 0.1) is 6.61 Å². The van der Waals surface area contributed by atoms with E-state index in [-0.39, 0.29) is 42.4 Å². The fourth-order valence-electron chi connectivity index (χ4n) is 2.80. The van der Waals surface area contributed by atoms with Crippen molar-refractivity contribution in [3.63, 3.8) is 0 Å². The summed E-state index contributed by atoms with van der Waals surface area (Å²) in [6.07, 6.45) is 0. The molecule has 0 aliphatic rings. The number of aromatic carboxylic acids is 1. The van der Waals surface area contributed by atoms with Crippen LogP contribution in [0.2, 0.25) is 0 Å². The SMILES string of the molecule is CCOC(=O)c1cc(OCc2ccccc2)c(C(=O)O)cc1OCc1ccccc1. The summed E-state index contributed by atoms with van der Waals surface area (Å²) in [5.41, 5.74) is 1.77. The number of esters is 1. The summed E-state index contributed by atoms with van der Waals surface area (Å²) in [6.45, 7) is 2.21. The molecule has 0 radical (unpaired) electrons. The van der Waals surface area contributed by atoms with Gasteiger partial charge < -0.3 is 19.3 Å². The average molecular weight is 406 g/mol. The molecule has 154 valence electrons. The summed E-state index contributed by atoms with van der Waals surface area (Å²) in [5.74, 6) is -1.59. The van der Waals surface area contributed by atoms with Gasteiger partial charge >= 0.3 is 11.9 Å². The number of hydrogen-bond acceptors (Lipinski definition) is 5. The molecule has 0 unspecified atom stereocenters. The summed E-state index contributed by atoms with van der Waals surface area (Å²) >= 11 is 0. The van der Waals surface area contributed by atoms with Gasteiger partial charge in [-0.25, -0.2) is 9.59 Å². The molecule has 3 aromatic carbocycles. The monoisotopic (exact) mass is 406 g/mol. The number of benzene rings is 3. The van der Waals surface area contributed by atoms with Crippen LogP contribution in [0.25, 0.3) is 0 Å². The van der Waals surface area contributed by atoms with Gasteiger partial charge in [-0.1, -0.05) is 60.7 Å². The zero-order valence-electron chi connectivity index (χ0n) is 16.5. The number of rotatable bonds is 9. The second-order valence-electron chi connectivity index (χ2n) is 6.42. The van der Waals surface area contributed by atoms with Crippen molar-refractivity contribution in [3.05, 3.63) is 95.1 Å². The Morgan fingerprint density at radius 2 is 1.23 bits per heavy atom. The van der Waals surface area contributed by atoms with Crippen LogP contribution in [0.3, 0.4) is 0 Å². The maximum atomic E-state index is 12.5. The lowest BCUT2D eigenvalue weighted by Crippen LogP contribution is -2.11. The minimum absolute atomic E-state index is 0.0708. The van der Waals surface area contributed by atoms with Crippen LogP contribution >= 0.6 is 0 Å². The van der Waals surface area contributed by atoms with E-state index in [2.05, 4.69) is 0 Å². The third kappa shape index (κ3) is 5.38. The first-order valence-electron chi connectivity index (χ1n) is 9.50. The second kappa shape index (κ2) is 10.1. The molecule has 0 saturated carbocycles. The summed E-state index contributed by atoms with van der Waals surface area (Å²) in [5, 5.41) is 9.65. The van der Waals surface area contributed by atoms with Crippen molar-refractivity contribution >= 4 is 11.9 Å². The lowest BCUT2D eigenvalue weighted by molar-refractivity contribution is 0.0518. The number of carbonyl (C=O) groups excluding carboxylic acids is 1. The van der Waals surface area contributed by atoms with Crippen molar-refractivity contribution < 1.29 is 28.9 Å². The van der Waals surface area contributed by atoms with E-state index in [4.69, 9.17) is 14.2 Å². The van der Waals surface area contributed by atoms with Gasteiger partial charge in [0.25, 0.3) is 0 Å². The minimum Gasteiger partial charge on any atom is -0.488 e. The lowest BCUT2D eigenvalue weighted by atomic mass is 10.1. The first kappa shape index (κ1) is 20.9. The van der Waals surface area contributed by atoms with Gasteiger partial charge in [-0.3, -0.25) is 0 Å². The maximum absolute atomic E-state index is 12.5. The van der Waals surface area contributed by atoms with Gasteiger partial charge in [-0.2, -0.15) is 0 Å². The molecule has 0 aliphatic carbocycles. The third-order valence-corrected chi connectivity index (χ3v) is 4.28. The van der Waals surface area contributed by atoms with E-state index in [9.17, 15) is 14.7 Å². The average Bonchev–Trinajstić information content (AvgIpc) is 2.77. The van der Waals surface area contributed by atoms with Gasteiger partial charge in [-0.05, 0) is 30.2 Å². The highest BCUT2D eigenvalue weighted by Gasteiger charge is 2.22. The molecule has 0 aliphatic heterocycles. The molecule has 3 aromatic rings. The Bertz CT molecular complexity index is 999. The van der Waals surface area contributed by atoms with Gasteiger partial charge in [0.2, 0.25) is 0 Å². The molecule has 0 atom stereocenters. The Balaban J connectivity index is 1.92. The van der Waals surface area contributed by atoms with Crippen molar-refractivity contribution in [3.8, 4) is 11.5 Å². The summed E-state index contributed by atoms with van der Waals surface area (Å²) in [4.78, 5) is 24.3. The largest absolute Gasteiger partial charge is 0.488 e. The molecule has 3 rings (SSSR count). The van der Waals surface area contributed by atoms with Crippen LogP contribution in [0.1, 0.15) is 38.8 Å². The fourth-order valence-corrected chi connectivity index (χ4v) is 2.80. The Kier molecular flexibility index (Phi) is 7.05. The predicted octanol–water partition coefficient (Wildman–Crippen LogP) is 4.72. The van der Waals surface area contributed by atoms with E-state index < -0.39 is 11.9 Å². The number of carboxylic acids is 1. The van der Waals surface area contributed by atoms with E-state index in [1.165, 1.54) is 12.1 Å². The normalized spacial score (nSPS) is 10.3. The smallest absolute Gasteiger partial charge is 0.342 e. The van der Waals surface area contributed by atoms with Crippen LogP contribution in [0.4, 0.5) is 0 Å². The van der Waals surface area contributed by atoms with Crippen LogP contribution in [0.15, 0.2) is 72.8 Å². The quantitative estimate of drug-likeness (QED) is 0.518. The molecular formula is C24H22O6. The highest BCUT2D eigenvalue weighted by Crippen LogP contribution is 2.31. The Morgan fingerprint density at radius 1 is 0.767 bits per heavy atom. The van der Waals surface area contributed by atoms with Crippen molar-refractivity contribution in [1.29, 1.82) is 0 Å². The lowest BCUT2D eigenvalue weighted by Gasteiger charge is -2.16. The van der Waals surface area contributed by atoms with Gasteiger partial charge in [0.1, 0.15) is 35.8 Å². The Morgan fingerprint density at radius 3 is 1.70 bits per heavy atom. The third-order valence-electron chi connectivity index (χ3n) is 4.28. The van der Waals surface area contributed by atoms with Crippen molar-refractivity contribution in [2.45, 2.75) is 20.1 Å². The van der Waals surface area contributed by atoms with Crippen LogP contribution in [0.5, 0.6) is 11.5 Å². The summed E-state index contributed by atoms with van der Waals surface area (Å²) < 4.78 is 16.6. The van der Waals surface area contributed by atoms with E-state index >= 15 is 0 Å². The van der Waals surface area contributed by atoms with Crippen LogP contribution in [0, 0.1) is 0 Å². The molecule has 0 amide bonds. The molecule has 0 bridgehead atoms. The van der Waals surface area contributed by atoms with Crippen molar-refractivity contribution in [1.82, 2.24) is 0 Å². The highest BCUT2D eigenvalue weighted by molar-refractivity contribution is 5.97. The minimum atomic E-state index is -1.18. The molecule has 0 spiro atoms. The van der Waals surface area contributed by atoms with Crippen LogP contribution < -0.4 is 9.47 Å². The van der Waals surface area contributed by atoms with Crippen molar-refractivity contribution in [2.24, 2.45) is 0 Å². The van der Waals surface area contributed by atoms with Gasteiger partial charge in [-0.15, -0.1) is 0 Å². The van der Waals surface area contributed by atoms with Crippen LogP contribution in [-0.4, -0.2) is 23.7 Å². The topological polar surface area (TPSA) is 82.1 Å². The standard InChI is InChI=1S/C24H22O6/c1-2-28-24(27)20-14-21(29-15-17-9-5-3-6-10-17)19(23(25)26)13-22(20)30-16-18-11-7-4-8-12-18/h3-14H,2,15-16H2,1H3,(H,25,26). The highest BCUT2D eigenvalue weighted by atomic mass is 16.5. The van der Waals surface area contributed by atoms with E-state index in [0.29, 0.717) is 0 Å². The molecule has 30 heavy (non-hydrogen) atoms. The van der Waals surface area contributed by atoms with E-state index in [1.807, 2.05) is 60.7 Å². The zero-order chi connectivity index (χ0) is 21.3. The number of carboxylic acid groups (broad SMARTS) is 1. The first-order valence-corrected chi connectivity index (χ1v) is 9.50. The summed E-state index contributed by atoms with van der Waals surface area (Å²) in [7, 11) is 0. The molecule has 0 saturated heterocycles. The van der Waals surface area contributed by atoms with Gasteiger partial charge in [0.15, 0.2) is 0 Å². The number of carbonyl (C=O) groups is 2. The maximum Gasteiger partial charge on any atom is 0.342 e. The molecule has 0 heterocycles.